The number of aryl methyl sites for hydroxylation is 1. The second-order valence-corrected chi connectivity index (χ2v) is 6.28. The minimum Gasteiger partial charge on any atom is -0.454 e. The van der Waals surface area contributed by atoms with Crippen LogP contribution in [0, 0.1) is 6.92 Å². The van der Waals surface area contributed by atoms with E-state index in [-0.39, 0.29) is 12.7 Å². The molecule has 0 aliphatic carbocycles. The van der Waals surface area contributed by atoms with Gasteiger partial charge in [-0.25, -0.2) is 9.97 Å². The van der Waals surface area contributed by atoms with E-state index in [9.17, 15) is 4.79 Å². The molecule has 7 heteroatoms. The summed E-state index contributed by atoms with van der Waals surface area (Å²) in [5, 5.41) is 0. The van der Waals surface area contributed by atoms with Gasteiger partial charge in [-0.1, -0.05) is 6.07 Å². The van der Waals surface area contributed by atoms with E-state index in [0.717, 1.165) is 16.9 Å². The SMILES string of the molecule is Cc1nc(-c2cccnc2)ncc1C(=O)N(C)Cc1ccc2c(c1)OCO2. The third-order valence-corrected chi connectivity index (χ3v) is 4.33. The molecule has 136 valence electrons. The van der Waals surface area contributed by atoms with Crippen molar-refractivity contribution >= 4 is 5.91 Å². The molecule has 0 atom stereocenters. The summed E-state index contributed by atoms with van der Waals surface area (Å²) in [6.07, 6.45) is 4.96. The number of carbonyl (C=O) groups excluding carboxylic acids is 1. The number of hydrogen-bond acceptors (Lipinski definition) is 6. The Morgan fingerprint density at radius 1 is 1.19 bits per heavy atom. The molecule has 0 unspecified atom stereocenters. The number of pyridine rings is 1. The van der Waals surface area contributed by atoms with Gasteiger partial charge in [0, 0.05) is 37.7 Å². The molecule has 1 aliphatic rings. The molecule has 1 aromatic carbocycles. The zero-order chi connectivity index (χ0) is 18.8. The lowest BCUT2D eigenvalue weighted by atomic mass is 10.1. The molecule has 0 fully saturated rings. The van der Waals surface area contributed by atoms with Gasteiger partial charge in [-0.3, -0.25) is 9.78 Å². The van der Waals surface area contributed by atoms with E-state index in [1.54, 1.807) is 30.5 Å². The molecule has 7 nitrogen and oxygen atoms in total. The van der Waals surface area contributed by atoms with Crippen molar-refractivity contribution in [1.29, 1.82) is 0 Å². The van der Waals surface area contributed by atoms with Crippen molar-refractivity contribution in [3.63, 3.8) is 0 Å². The normalized spacial score (nSPS) is 12.1. The second-order valence-electron chi connectivity index (χ2n) is 6.28. The van der Waals surface area contributed by atoms with Gasteiger partial charge in [0.15, 0.2) is 17.3 Å². The standard InChI is InChI=1S/C20H18N4O3/c1-13-16(10-22-19(23-13)15-4-3-7-21-9-15)20(25)24(2)11-14-5-6-17-18(8-14)27-12-26-17/h3-10H,11-12H2,1-2H3. The maximum Gasteiger partial charge on any atom is 0.257 e. The lowest BCUT2D eigenvalue weighted by molar-refractivity contribution is 0.0783. The summed E-state index contributed by atoms with van der Waals surface area (Å²) in [5.74, 6) is 1.84. The Morgan fingerprint density at radius 2 is 2.04 bits per heavy atom. The Bertz CT molecular complexity index is 992. The molecule has 0 spiro atoms. The largest absolute Gasteiger partial charge is 0.454 e. The van der Waals surface area contributed by atoms with Gasteiger partial charge in [-0.15, -0.1) is 0 Å². The van der Waals surface area contributed by atoms with Crippen molar-refractivity contribution in [2.24, 2.45) is 0 Å². The number of aromatic nitrogens is 3. The van der Waals surface area contributed by atoms with Crippen LogP contribution in [0.2, 0.25) is 0 Å². The van der Waals surface area contributed by atoms with E-state index in [1.165, 1.54) is 0 Å². The molecular weight excluding hydrogens is 344 g/mol. The molecule has 0 saturated carbocycles. The lowest BCUT2D eigenvalue weighted by Crippen LogP contribution is -2.27. The number of carbonyl (C=O) groups is 1. The Labute approximate surface area is 156 Å². The van der Waals surface area contributed by atoms with Crippen LogP contribution in [0.4, 0.5) is 0 Å². The predicted molar refractivity (Wildman–Crippen MR) is 98.4 cm³/mol. The van der Waals surface area contributed by atoms with Crippen molar-refractivity contribution in [1.82, 2.24) is 19.9 Å². The van der Waals surface area contributed by atoms with Crippen LogP contribution in [0.1, 0.15) is 21.6 Å². The van der Waals surface area contributed by atoms with E-state index in [1.807, 2.05) is 37.3 Å². The molecule has 0 radical (unpaired) electrons. The molecule has 2 aromatic heterocycles. The number of fused-ring (bicyclic) bond motifs is 1. The first kappa shape index (κ1) is 17.0. The van der Waals surface area contributed by atoms with Crippen molar-refractivity contribution in [3.05, 3.63) is 65.7 Å². The van der Waals surface area contributed by atoms with Gasteiger partial charge < -0.3 is 14.4 Å². The van der Waals surface area contributed by atoms with Crippen molar-refractivity contribution in [3.8, 4) is 22.9 Å². The number of hydrogen-bond donors (Lipinski definition) is 0. The Hall–Kier alpha value is -3.48. The van der Waals surface area contributed by atoms with Crippen LogP contribution in [-0.2, 0) is 6.54 Å². The van der Waals surface area contributed by atoms with Gasteiger partial charge in [0.2, 0.25) is 6.79 Å². The summed E-state index contributed by atoms with van der Waals surface area (Å²) in [6, 6.07) is 9.38. The summed E-state index contributed by atoms with van der Waals surface area (Å²) in [5.41, 5.74) is 2.88. The topological polar surface area (TPSA) is 77.4 Å². The third kappa shape index (κ3) is 3.44. The highest BCUT2D eigenvalue weighted by molar-refractivity contribution is 5.94. The average Bonchev–Trinajstić information content (AvgIpc) is 3.16. The molecule has 4 rings (SSSR count). The first-order valence-corrected chi connectivity index (χ1v) is 8.50. The summed E-state index contributed by atoms with van der Waals surface area (Å²) in [7, 11) is 1.75. The predicted octanol–water partition coefficient (Wildman–Crippen LogP) is 2.85. The Kier molecular flexibility index (Phi) is 4.42. The number of amides is 1. The quantitative estimate of drug-likeness (QED) is 0.710. The Morgan fingerprint density at radius 3 is 2.81 bits per heavy atom. The van der Waals surface area contributed by atoms with Crippen molar-refractivity contribution in [2.75, 3.05) is 13.8 Å². The highest BCUT2D eigenvalue weighted by Gasteiger charge is 2.19. The van der Waals surface area contributed by atoms with Gasteiger partial charge in [-0.05, 0) is 36.8 Å². The van der Waals surface area contributed by atoms with Gasteiger partial charge in [0.25, 0.3) is 5.91 Å². The minimum atomic E-state index is -0.136. The fraction of sp³-hybridized carbons (Fsp3) is 0.200. The van der Waals surface area contributed by atoms with Gasteiger partial charge in [0.1, 0.15) is 0 Å². The molecule has 0 saturated heterocycles. The molecule has 1 aliphatic heterocycles. The van der Waals surface area contributed by atoms with E-state index >= 15 is 0 Å². The zero-order valence-corrected chi connectivity index (χ0v) is 15.0. The molecule has 0 N–H and O–H groups in total. The lowest BCUT2D eigenvalue weighted by Gasteiger charge is -2.18. The van der Waals surface area contributed by atoms with Gasteiger partial charge >= 0.3 is 0 Å². The molecule has 3 aromatic rings. The van der Waals surface area contributed by atoms with Crippen LogP contribution in [-0.4, -0.2) is 39.6 Å². The van der Waals surface area contributed by atoms with Crippen LogP contribution >= 0.6 is 0 Å². The zero-order valence-electron chi connectivity index (χ0n) is 15.0. The van der Waals surface area contributed by atoms with Crippen LogP contribution in [0.5, 0.6) is 11.5 Å². The summed E-state index contributed by atoms with van der Waals surface area (Å²) >= 11 is 0. The van der Waals surface area contributed by atoms with Gasteiger partial charge in [0.05, 0.1) is 11.3 Å². The summed E-state index contributed by atoms with van der Waals surface area (Å²) in [4.78, 5) is 27.3. The molecule has 0 bridgehead atoms. The summed E-state index contributed by atoms with van der Waals surface area (Å²) in [6.45, 7) is 2.48. The monoisotopic (exact) mass is 362 g/mol. The molecule has 1 amide bonds. The van der Waals surface area contributed by atoms with E-state index in [2.05, 4.69) is 15.0 Å². The van der Waals surface area contributed by atoms with E-state index < -0.39 is 0 Å². The molecule has 3 heterocycles. The number of ether oxygens (including phenoxy) is 2. The van der Waals surface area contributed by atoms with Crippen molar-refractivity contribution in [2.45, 2.75) is 13.5 Å². The van der Waals surface area contributed by atoms with Crippen LogP contribution in [0.3, 0.4) is 0 Å². The van der Waals surface area contributed by atoms with Crippen LogP contribution < -0.4 is 9.47 Å². The fourth-order valence-corrected chi connectivity index (χ4v) is 2.90. The third-order valence-electron chi connectivity index (χ3n) is 4.33. The molecular formula is C20H18N4O3. The number of rotatable bonds is 4. The smallest absolute Gasteiger partial charge is 0.257 e. The van der Waals surface area contributed by atoms with Crippen LogP contribution in [0.25, 0.3) is 11.4 Å². The first-order chi connectivity index (χ1) is 13.1. The van der Waals surface area contributed by atoms with Crippen molar-refractivity contribution < 1.29 is 14.3 Å². The molecule has 27 heavy (non-hydrogen) atoms. The minimum absolute atomic E-state index is 0.136. The maximum absolute atomic E-state index is 12.8. The Balaban J connectivity index is 1.52. The number of benzene rings is 1. The van der Waals surface area contributed by atoms with Crippen LogP contribution in [0.15, 0.2) is 48.9 Å². The highest BCUT2D eigenvalue weighted by atomic mass is 16.7. The number of nitrogens with zero attached hydrogens (tertiary/aromatic N) is 4. The van der Waals surface area contributed by atoms with Gasteiger partial charge in [-0.2, -0.15) is 0 Å². The van der Waals surface area contributed by atoms with E-state index in [0.29, 0.717) is 29.4 Å². The second kappa shape index (κ2) is 7.03. The first-order valence-electron chi connectivity index (χ1n) is 8.50. The summed E-state index contributed by atoms with van der Waals surface area (Å²) < 4.78 is 10.7. The highest BCUT2D eigenvalue weighted by Crippen LogP contribution is 2.32. The fourth-order valence-electron chi connectivity index (χ4n) is 2.90. The van der Waals surface area contributed by atoms with E-state index in [4.69, 9.17) is 9.47 Å². The average molecular weight is 362 g/mol. The maximum atomic E-state index is 12.8.